The Kier molecular flexibility index (Phi) is 4.19. The lowest BCUT2D eigenvalue weighted by Gasteiger charge is -2.22. The van der Waals surface area contributed by atoms with E-state index in [-0.39, 0.29) is 5.91 Å². The fourth-order valence-corrected chi connectivity index (χ4v) is 2.66. The first-order valence-corrected chi connectivity index (χ1v) is 7.44. The molecule has 2 aromatic rings. The van der Waals surface area contributed by atoms with E-state index in [0.717, 1.165) is 13.0 Å². The lowest BCUT2D eigenvalue weighted by Crippen LogP contribution is -2.35. The largest absolute Gasteiger partial charge is 0.352 e. The molecule has 3 rings (SSSR count). The molecule has 8 heteroatoms. The average Bonchev–Trinajstić information content (AvgIpc) is 2.87. The highest BCUT2D eigenvalue weighted by Gasteiger charge is 2.23. The van der Waals surface area contributed by atoms with E-state index in [0.29, 0.717) is 36.8 Å². The minimum Gasteiger partial charge on any atom is -0.352 e. The van der Waals surface area contributed by atoms with Gasteiger partial charge in [-0.1, -0.05) is 0 Å². The third kappa shape index (κ3) is 3.13. The second-order valence-electron chi connectivity index (χ2n) is 5.35. The van der Waals surface area contributed by atoms with Crippen LogP contribution in [0.1, 0.15) is 22.6 Å². The number of amides is 1. The molecule has 1 aliphatic heterocycles. The predicted molar refractivity (Wildman–Crippen MR) is 82.7 cm³/mol. The first kappa shape index (κ1) is 15.0. The molecular weight excluding hydrogens is 294 g/mol. The second kappa shape index (κ2) is 6.44. The van der Waals surface area contributed by atoms with Gasteiger partial charge in [0.1, 0.15) is 11.8 Å². The van der Waals surface area contributed by atoms with Crippen molar-refractivity contribution in [2.75, 3.05) is 31.1 Å². The van der Waals surface area contributed by atoms with E-state index in [1.54, 1.807) is 35.1 Å². The van der Waals surface area contributed by atoms with Crippen molar-refractivity contribution >= 4 is 11.7 Å². The van der Waals surface area contributed by atoms with Crippen LogP contribution in [0.5, 0.6) is 0 Å². The fraction of sp³-hybridized carbons (Fsp3) is 0.400. The summed E-state index contributed by atoms with van der Waals surface area (Å²) in [5.41, 5.74) is 0.773. The van der Waals surface area contributed by atoms with Crippen molar-refractivity contribution in [3.63, 3.8) is 0 Å². The summed E-state index contributed by atoms with van der Waals surface area (Å²) in [7, 11) is 1.79. The van der Waals surface area contributed by atoms with Gasteiger partial charge in [0.25, 0.3) is 5.91 Å². The topological polar surface area (TPSA) is 90.9 Å². The smallest absolute Gasteiger partial charge is 0.274 e. The van der Waals surface area contributed by atoms with E-state index in [4.69, 9.17) is 5.26 Å². The normalized spacial score (nSPS) is 15.1. The number of carbonyl (C=O) groups is 1. The van der Waals surface area contributed by atoms with Crippen molar-refractivity contribution in [2.45, 2.75) is 6.42 Å². The lowest BCUT2D eigenvalue weighted by molar-refractivity contribution is 0.0760. The van der Waals surface area contributed by atoms with Crippen LogP contribution < -0.4 is 4.90 Å². The number of rotatable bonds is 2. The van der Waals surface area contributed by atoms with Crippen LogP contribution in [0.2, 0.25) is 0 Å². The molecule has 0 aliphatic carbocycles. The molecule has 0 unspecified atom stereocenters. The molecule has 0 radical (unpaired) electrons. The minimum absolute atomic E-state index is 0.0629. The van der Waals surface area contributed by atoms with Crippen LogP contribution in [0.3, 0.4) is 0 Å². The van der Waals surface area contributed by atoms with E-state index in [9.17, 15) is 4.79 Å². The summed E-state index contributed by atoms with van der Waals surface area (Å²) < 4.78 is 1.62. The highest BCUT2D eigenvalue weighted by molar-refractivity contribution is 5.92. The molecule has 118 valence electrons. The summed E-state index contributed by atoms with van der Waals surface area (Å²) in [4.78, 5) is 24.6. The molecule has 0 bridgehead atoms. The van der Waals surface area contributed by atoms with E-state index >= 15 is 0 Å². The Labute approximate surface area is 134 Å². The van der Waals surface area contributed by atoms with Gasteiger partial charge in [0, 0.05) is 51.8 Å². The van der Waals surface area contributed by atoms with Crippen LogP contribution in [0.25, 0.3) is 0 Å². The molecule has 1 fully saturated rings. The summed E-state index contributed by atoms with van der Waals surface area (Å²) in [6.45, 7) is 2.58. The molecule has 3 heterocycles. The number of hydrogen-bond donors (Lipinski definition) is 0. The zero-order chi connectivity index (χ0) is 16.2. The number of anilines is 1. The van der Waals surface area contributed by atoms with Crippen LogP contribution in [-0.4, -0.2) is 56.7 Å². The second-order valence-corrected chi connectivity index (χ2v) is 5.35. The number of nitriles is 1. The zero-order valence-corrected chi connectivity index (χ0v) is 12.9. The maximum Gasteiger partial charge on any atom is 0.274 e. The summed E-state index contributed by atoms with van der Waals surface area (Å²) in [6.07, 6.45) is 5.66. The Morgan fingerprint density at radius 2 is 2.04 bits per heavy atom. The average molecular weight is 311 g/mol. The van der Waals surface area contributed by atoms with Gasteiger partial charge in [-0.25, -0.2) is 9.97 Å². The Balaban J connectivity index is 1.72. The summed E-state index contributed by atoms with van der Waals surface area (Å²) >= 11 is 0. The Bertz CT molecular complexity index is 748. The van der Waals surface area contributed by atoms with Gasteiger partial charge in [-0.15, -0.1) is 0 Å². The van der Waals surface area contributed by atoms with Crippen molar-refractivity contribution in [1.82, 2.24) is 24.6 Å². The quantitative estimate of drug-likeness (QED) is 0.799. The van der Waals surface area contributed by atoms with Crippen LogP contribution in [0.4, 0.5) is 5.82 Å². The minimum atomic E-state index is -0.0629. The number of carbonyl (C=O) groups excluding carboxylic acids is 1. The van der Waals surface area contributed by atoms with E-state index in [1.807, 2.05) is 4.90 Å². The van der Waals surface area contributed by atoms with Gasteiger partial charge >= 0.3 is 0 Å². The Hall–Kier alpha value is -2.95. The summed E-state index contributed by atoms with van der Waals surface area (Å²) in [5, 5.41) is 13.3. The van der Waals surface area contributed by atoms with Crippen LogP contribution in [0, 0.1) is 11.3 Å². The Morgan fingerprint density at radius 1 is 1.22 bits per heavy atom. The van der Waals surface area contributed by atoms with Crippen molar-refractivity contribution in [3.8, 4) is 6.07 Å². The predicted octanol–water partition coefficient (Wildman–Crippen LogP) is 0.434. The molecule has 1 saturated heterocycles. The van der Waals surface area contributed by atoms with Crippen molar-refractivity contribution in [3.05, 3.63) is 36.0 Å². The number of hydrogen-bond acceptors (Lipinski definition) is 6. The standard InChI is InChI=1S/C15H17N7O/c1-20-8-3-12(19-20)15(23)22-7-2-6-21(9-10-22)14-13(11-16)17-4-5-18-14/h3-5,8H,2,6-7,9-10H2,1H3. The highest BCUT2D eigenvalue weighted by atomic mass is 16.2. The SMILES string of the molecule is Cn1ccc(C(=O)N2CCCN(c3nccnc3C#N)CC2)n1. The van der Waals surface area contributed by atoms with Crippen LogP contribution >= 0.6 is 0 Å². The molecular formula is C15H17N7O. The zero-order valence-electron chi connectivity index (χ0n) is 12.9. The van der Waals surface area contributed by atoms with Crippen molar-refractivity contribution < 1.29 is 4.79 Å². The number of aryl methyl sites for hydroxylation is 1. The van der Waals surface area contributed by atoms with Gasteiger partial charge in [-0.05, 0) is 12.5 Å². The molecule has 8 nitrogen and oxygen atoms in total. The third-order valence-corrected chi connectivity index (χ3v) is 3.80. The van der Waals surface area contributed by atoms with Gasteiger partial charge in [0.15, 0.2) is 11.5 Å². The van der Waals surface area contributed by atoms with Crippen LogP contribution in [-0.2, 0) is 7.05 Å². The summed E-state index contributed by atoms with van der Waals surface area (Å²) in [5.74, 6) is 0.522. The van der Waals surface area contributed by atoms with E-state index in [1.165, 1.54) is 6.20 Å². The lowest BCUT2D eigenvalue weighted by atomic mass is 10.3. The van der Waals surface area contributed by atoms with Gasteiger partial charge in [0.2, 0.25) is 0 Å². The fourth-order valence-electron chi connectivity index (χ4n) is 2.66. The molecule has 0 saturated carbocycles. The first-order chi connectivity index (χ1) is 11.2. The highest BCUT2D eigenvalue weighted by Crippen LogP contribution is 2.17. The molecule has 0 N–H and O–H groups in total. The van der Waals surface area contributed by atoms with Gasteiger partial charge < -0.3 is 9.80 Å². The molecule has 1 amide bonds. The Morgan fingerprint density at radius 3 is 2.78 bits per heavy atom. The monoisotopic (exact) mass is 311 g/mol. The van der Waals surface area contributed by atoms with Crippen molar-refractivity contribution in [1.29, 1.82) is 5.26 Å². The molecule has 0 aromatic carbocycles. The molecule has 1 aliphatic rings. The maximum atomic E-state index is 12.5. The maximum absolute atomic E-state index is 12.5. The van der Waals surface area contributed by atoms with Crippen LogP contribution in [0.15, 0.2) is 24.7 Å². The van der Waals surface area contributed by atoms with Gasteiger partial charge in [-0.3, -0.25) is 9.48 Å². The molecule has 0 atom stereocenters. The third-order valence-electron chi connectivity index (χ3n) is 3.80. The number of nitrogens with zero attached hydrogens (tertiary/aromatic N) is 7. The number of aromatic nitrogens is 4. The molecule has 2 aromatic heterocycles. The summed E-state index contributed by atoms with van der Waals surface area (Å²) in [6, 6.07) is 3.79. The van der Waals surface area contributed by atoms with E-state index in [2.05, 4.69) is 21.1 Å². The van der Waals surface area contributed by atoms with Gasteiger partial charge in [0.05, 0.1) is 0 Å². The van der Waals surface area contributed by atoms with Gasteiger partial charge in [-0.2, -0.15) is 10.4 Å². The molecule has 0 spiro atoms. The molecule has 23 heavy (non-hydrogen) atoms. The first-order valence-electron chi connectivity index (χ1n) is 7.44. The van der Waals surface area contributed by atoms with Crippen molar-refractivity contribution in [2.24, 2.45) is 7.05 Å². The van der Waals surface area contributed by atoms with E-state index < -0.39 is 0 Å².